The molecule has 0 aliphatic rings. The number of fused-ring (bicyclic) bond motifs is 3. The molecule has 0 saturated carbocycles. The first-order chi connectivity index (χ1) is 16.6. The number of ether oxygens (including phenoxy) is 1. The van der Waals surface area contributed by atoms with E-state index in [2.05, 4.69) is 39.7 Å². The standard InChI is InChI=1S/C26H23N5O3/c1-3-16-4-6-17(7-5-16)15-27-25(32)19-10-13-21-22(14-19)31-24(28-26(21)33)23(29-30-31)18-8-11-20(34-2)12-9-18/h4-14,30H,3,15H2,1-2H3,(H,27,32). The molecular weight excluding hydrogens is 430 g/mol. The normalized spacial score (nSPS) is 11.1. The maximum absolute atomic E-state index is 12.8. The third kappa shape index (κ3) is 3.90. The molecule has 2 heterocycles. The number of hydrogen-bond acceptors (Lipinski definition) is 5. The van der Waals surface area contributed by atoms with Crippen LogP contribution in [0.2, 0.25) is 0 Å². The number of methoxy groups -OCH3 is 1. The number of amides is 1. The van der Waals surface area contributed by atoms with E-state index in [9.17, 15) is 9.59 Å². The van der Waals surface area contributed by atoms with Crippen molar-refractivity contribution in [3.63, 3.8) is 0 Å². The van der Waals surface area contributed by atoms with E-state index in [1.165, 1.54) is 5.56 Å². The Hall–Kier alpha value is -4.46. The van der Waals surface area contributed by atoms with Crippen LogP contribution in [0.1, 0.15) is 28.4 Å². The zero-order valence-electron chi connectivity index (χ0n) is 18.8. The first kappa shape index (κ1) is 21.4. The predicted octanol–water partition coefficient (Wildman–Crippen LogP) is 3.74. The topological polar surface area (TPSA) is 101 Å². The first-order valence-electron chi connectivity index (χ1n) is 11.0. The molecule has 34 heavy (non-hydrogen) atoms. The molecule has 1 amide bonds. The summed E-state index contributed by atoms with van der Waals surface area (Å²) in [6.45, 7) is 2.52. The maximum Gasteiger partial charge on any atom is 0.281 e. The van der Waals surface area contributed by atoms with Crippen LogP contribution in [0.25, 0.3) is 27.8 Å². The van der Waals surface area contributed by atoms with Gasteiger partial charge in [-0.1, -0.05) is 31.2 Å². The summed E-state index contributed by atoms with van der Waals surface area (Å²) in [6.07, 6.45) is 0.972. The number of nitrogens with one attached hydrogen (secondary N) is 2. The molecule has 0 bridgehead atoms. The van der Waals surface area contributed by atoms with Gasteiger partial charge in [0.25, 0.3) is 11.5 Å². The van der Waals surface area contributed by atoms with Gasteiger partial charge in [-0.05, 0) is 60.0 Å². The van der Waals surface area contributed by atoms with E-state index in [4.69, 9.17) is 4.74 Å². The number of carbonyl (C=O) groups is 1. The monoisotopic (exact) mass is 453 g/mol. The number of carbonyl (C=O) groups excluding carboxylic acids is 1. The summed E-state index contributed by atoms with van der Waals surface area (Å²) >= 11 is 0. The van der Waals surface area contributed by atoms with Crippen LogP contribution in [-0.4, -0.2) is 32.8 Å². The lowest BCUT2D eigenvalue weighted by Gasteiger charge is -2.08. The van der Waals surface area contributed by atoms with Crippen molar-refractivity contribution in [2.45, 2.75) is 19.9 Å². The summed E-state index contributed by atoms with van der Waals surface area (Å²) in [5.74, 6) is 0.491. The van der Waals surface area contributed by atoms with Crippen LogP contribution in [0.4, 0.5) is 0 Å². The van der Waals surface area contributed by atoms with Gasteiger partial charge in [-0.15, -0.1) is 0 Å². The lowest BCUT2D eigenvalue weighted by Crippen LogP contribution is -2.23. The van der Waals surface area contributed by atoms with Crippen LogP contribution in [0.5, 0.6) is 5.75 Å². The first-order valence-corrected chi connectivity index (χ1v) is 11.0. The van der Waals surface area contributed by atoms with Crippen LogP contribution >= 0.6 is 0 Å². The van der Waals surface area contributed by atoms with Crippen molar-refractivity contribution in [2.75, 3.05) is 7.11 Å². The smallest absolute Gasteiger partial charge is 0.281 e. The Balaban J connectivity index is 1.48. The van der Waals surface area contributed by atoms with E-state index in [0.29, 0.717) is 34.4 Å². The molecular formula is C26H23N5O3. The number of hydrogen-bond donors (Lipinski definition) is 2. The van der Waals surface area contributed by atoms with Crippen LogP contribution < -0.4 is 15.6 Å². The summed E-state index contributed by atoms with van der Waals surface area (Å²) in [6, 6.07) is 20.4. The number of aryl methyl sites for hydroxylation is 1. The van der Waals surface area contributed by atoms with Crippen molar-refractivity contribution in [1.29, 1.82) is 0 Å². The molecule has 0 unspecified atom stereocenters. The molecule has 2 aromatic heterocycles. The fourth-order valence-corrected chi connectivity index (χ4v) is 3.89. The lowest BCUT2D eigenvalue weighted by atomic mass is 10.1. The molecule has 0 radical (unpaired) electrons. The summed E-state index contributed by atoms with van der Waals surface area (Å²) < 4.78 is 6.83. The molecule has 0 fully saturated rings. The highest BCUT2D eigenvalue weighted by atomic mass is 16.5. The molecule has 0 aliphatic carbocycles. The number of nitrogens with zero attached hydrogens (tertiary/aromatic N) is 3. The van der Waals surface area contributed by atoms with Gasteiger partial charge in [-0.3, -0.25) is 9.59 Å². The van der Waals surface area contributed by atoms with Crippen LogP contribution in [0.3, 0.4) is 0 Å². The summed E-state index contributed by atoms with van der Waals surface area (Å²) in [5.41, 5.74) is 4.57. The third-order valence-corrected chi connectivity index (χ3v) is 5.87. The van der Waals surface area contributed by atoms with Crippen molar-refractivity contribution < 1.29 is 9.53 Å². The van der Waals surface area contributed by atoms with Crippen molar-refractivity contribution in [2.24, 2.45) is 0 Å². The second-order valence-electron chi connectivity index (χ2n) is 7.95. The molecule has 8 nitrogen and oxygen atoms in total. The van der Waals surface area contributed by atoms with Gasteiger partial charge in [0.2, 0.25) is 0 Å². The largest absolute Gasteiger partial charge is 0.497 e. The Morgan fingerprint density at radius 1 is 1.03 bits per heavy atom. The Morgan fingerprint density at radius 2 is 1.76 bits per heavy atom. The summed E-state index contributed by atoms with van der Waals surface area (Å²) in [7, 11) is 1.60. The average Bonchev–Trinajstić information content (AvgIpc) is 3.31. The zero-order chi connectivity index (χ0) is 23.7. The van der Waals surface area contributed by atoms with E-state index in [-0.39, 0.29) is 11.5 Å². The minimum atomic E-state index is -0.380. The molecule has 3 aromatic carbocycles. The molecule has 0 saturated heterocycles. The summed E-state index contributed by atoms with van der Waals surface area (Å²) in [4.78, 5) is 29.8. The van der Waals surface area contributed by atoms with Gasteiger partial charge < -0.3 is 10.1 Å². The Morgan fingerprint density at radius 3 is 2.47 bits per heavy atom. The van der Waals surface area contributed by atoms with Crippen LogP contribution in [-0.2, 0) is 13.0 Å². The molecule has 0 aliphatic heterocycles. The molecule has 0 atom stereocenters. The van der Waals surface area contributed by atoms with Gasteiger partial charge in [0.15, 0.2) is 5.65 Å². The second kappa shape index (κ2) is 8.82. The van der Waals surface area contributed by atoms with Gasteiger partial charge in [0.1, 0.15) is 11.4 Å². The fourth-order valence-electron chi connectivity index (χ4n) is 3.89. The SMILES string of the molecule is CCc1ccc(CNC(=O)c2ccc3c(=O)nc4c(-c5ccc(OC)cc5)n[nH]n4c3c2)cc1. The van der Waals surface area contributed by atoms with Gasteiger partial charge in [0.05, 0.1) is 18.0 Å². The highest BCUT2D eigenvalue weighted by Crippen LogP contribution is 2.25. The third-order valence-electron chi connectivity index (χ3n) is 5.87. The number of aromatic nitrogens is 4. The average molecular weight is 454 g/mol. The lowest BCUT2D eigenvalue weighted by molar-refractivity contribution is 0.0951. The quantitative estimate of drug-likeness (QED) is 0.408. The van der Waals surface area contributed by atoms with E-state index < -0.39 is 0 Å². The van der Waals surface area contributed by atoms with Gasteiger partial charge >= 0.3 is 0 Å². The molecule has 2 N–H and O–H groups in total. The van der Waals surface area contributed by atoms with Crippen molar-refractivity contribution in [3.05, 3.63) is 93.8 Å². The molecule has 5 aromatic rings. The van der Waals surface area contributed by atoms with E-state index in [0.717, 1.165) is 23.3 Å². The fraction of sp³-hybridized carbons (Fsp3) is 0.154. The van der Waals surface area contributed by atoms with Crippen LogP contribution in [0, 0.1) is 0 Å². The minimum absolute atomic E-state index is 0.227. The number of aromatic amines is 1. The number of H-pyrrole nitrogens is 1. The Labute approximate surface area is 195 Å². The minimum Gasteiger partial charge on any atom is -0.497 e. The molecule has 170 valence electrons. The molecule has 0 spiro atoms. The highest BCUT2D eigenvalue weighted by molar-refractivity contribution is 5.98. The van der Waals surface area contributed by atoms with Gasteiger partial charge in [0, 0.05) is 17.7 Å². The van der Waals surface area contributed by atoms with Gasteiger partial charge in [-0.2, -0.15) is 10.1 Å². The van der Waals surface area contributed by atoms with Crippen LogP contribution in [0.15, 0.2) is 71.5 Å². The van der Waals surface area contributed by atoms with E-state index >= 15 is 0 Å². The van der Waals surface area contributed by atoms with Crippen molar-refractivity contribution >= 4 is 22.5 Å². The predicted molar refractivity (Wildman–Crippen MR) is 130 cm³/mol. The van der Waals surface area contributed by atoms with Gasteiger partial charge in [-0.25, -0.2) is 9.73 Å². The summed E-state index contributed by atoms with van der Waals surface area (Å²) in [5, 5.41) is 10.6. The van der Waals surface area contributed by atoms with Crippen molar-refractivity contribution in [1.82, 2.24) is 25.1 Å². The van der Waals surface area contributed by atoms with E-state index in [1.807, 2.05) is 36.4 Å². The van der Waals surface area contributed by atoms with Crippen molar-refractivity contribution in [3.8, 4) is 17.0 Å². The Bertz CT molecular complexity index is 1550. The Kier molecular flexibility index (Phi) is 5.55. The maximum atomic E-state index is 12.8. The number of benzene rings is 3. The molecule has 8 heteroatoms. The number of rotatable bonds is 6. The second-order valence-corrected chi connectivity index (χ2v) is 7.95. The molecule has 5 rings (SSSR count). The zero-order valence-corrected chi connectivity index (χ0v) is 18.8. The highest BCUT2D eigenvalue weighted by Gasteiger charge is 2.16. The van der Waals surface area contributed by atoms with E-state index in [1.54, 1.807) is 29.8 Å².